The Bertz CT molecular complexity index is 858. The number of rotatable bonds is 6. The Morgan fingerprint density at radius 3 is 2.79 bits per heavy atom. The van der Waals surface area contributed by atoms with Crippen molar-refractivity contribution in [3.63, 3.8) is 0 Å². The van der Waals surface area contributed by atoms with E-state index in [0.29, 0.717) is 33.3 Å². The lowest BCUT2D eigenvalue weighted by Crippen LogP contribution is -2.33. The van der Waals surface area contributed by atoms with E-state index in [1.165, 1.54) is 12.8 Å². The second-order valence-corrected chi connectivity index (χ2v) is 8.97. The minimum Gasteiger partial charge on any atom is -0.457 e. The Hall–Kier alpha value is -1.40. The highest BCUT2D eigenvalue weighted by atomic mass is 35.5. The zero-order chi connectivity index (χ0) is 19.5. The van der Waals surface area contributed by atoms with Crippen LogP contribution in [0.5, 0.6) is 11.5 Å². The third-order valence-electron chi connectivity index (χ3n) is 5.12. The van der Waals surface area contributed by atoms with Crippen LogP contribution in [0.25, 0.3) is 0 Å². The number of nitrogens with one attached hydrogen (secondary N) is 1. The fraction of sp³-hybridized carbons (Fsp3) is 0.381. The number of ether oxygens (including phenoxy) is 1. The van der Waals surface area contributed by atoms with Gasteiger partial charge in [-0.1, -0.05) is 35.3 Å². The number of amides is 1. The van der Waals surface area contributed by atoms with Gasteiger partial charge >= 0.3 is 0 Å². The first-order valence-corrected chi connectivity index (χ1v) is 11.3. The van der Waals surface area contributed by atoms with Gasteiger partial charge in [-0.15, -0.1) is 11.8 Å². The van der Waals surface area contributed by atoms with E-state index >= 15 is 0 Å². The third-order valence-corrected chi connectivity index (χ3v) is 7.11. The van der Waals surface area contributed by atoms with Crippen LogP contribution in [0, 0.1) is 0 Å². The molecule has 2 unspecified atom stereocenters. The minimum atomic E-state index is 0.0336. The SMILES string of the molecule is O=C1CSC(c2cccc(Oc3ccc(Cl)c(Cl)c3)c2)N1CCC1CCCN1. The molecule has 2 heterocycles. The summed E-state index contributed by atoms with van der Waals surface area (Å²) in [6.45, 7) is 1.87. The Balaban J connectivity index is 1.47. The number of nitrogens with zero attached hydrogens (tertiary/aromatic N) is 1. The first-order chi connectivity index (χ1) is 13.6. The summed E-state index contributed by atoms with van der Waals surface area (Å²) in [5, 5.41) is 4.50. The van der Waals surface area contributed by atoms with Gasteiger partial charge in [0.05, 0.1) is 15.8 Å². The smallest absolute Gasteiger partial charge is 0.233 e. The van der Waals surface area contributed by atoms with Crippen molar-refractivity contribution in [2.75, 3.05) is 18.8 Å². The van der Waals surface area contributed by atoms with Gasteiger partial charge in [0.25, 0.3) is 0 Å². The van der Waals surface area contributed by atoms with Gasteiger partial charge in [0.2, 0.25) is 5.91 Å². The van der Waals surface area contributed by atoms with E-state index in [-0.39, 0.29) is 11.3 Å². The molecule has 28 heavy (non-hydrogen) atoms. The highest BCUT2D eigenvalue weighted by molar-refractivity contribution is 8.00. The standard InChI is InChI=1S/C21H22Cl2N2O2S/c22-18-7-6-17(12-19(18)23)27-16-5-1-3-14(11-16)21-25(20(26)13-28-21)10-8-15-4-2-9-24-15/h1,3,5-7,11-12,15,21,24H,2,4,8-10,13H2. The molecule has 2 aliphatic heterocycles. The zero-order valence-corrected chi connectivity index (χ0v) is 17.7. The van der Waals surface area contributed by atoms with E-state index in [0.717, 1.165) is 25.1 Å². The van der Waals surface area contributed by atoms with E-state index in [9.17, 15) is 4.79 Å². The molecule has 1 N–H and O–H groups in total. The summed E-state index contributed by atoms with van der Waals surface area (Å²) in [4.78, 5) is 14.4. The van der Waals surface area contributed by atoms with Crippen LogP contribution >= 0.6 is 35.0 Å². The van der Waals surface area contributed by atoms with E-state index < -0.39 is 0 Å². The molecule has 0 spiro atoms. The first-order valence-electron chi connectivity index (χ1n) is 9.47. The molecular formula is C21H22Cl2N2O2S. The Kier molecular flexibility index (Phi) is 6.36. The summed E-state index contributed by atoms with van der Waals surface area (Å²) < 4.78 is 5.95. The molecule has 0 radical (unpaired) electrons. The molecular weight excluding hydrogens is 415 g/mol. The van der Waals surface area contributed by atoms with Crippen molar-refractivity contribution in [1.82, 2.24) is 10.2 Å². The molecule has 7 heteroatoms. The summed E-state index contributed by atoms with van der Waals surface area (Å²) >= 11 is 13.7. The van der Waals surface area contributed by atoms with Crippen molar-refractivity contribution in [3.05, 3.63) is 58.1 Å². The Morgan fingerprint density at radius 2 is 2.00 bits per heavy atom. The summed E-state index contributed by atoms with van der Waals surface area (Å²) in [6, 6.07) is 13.7. The van der Waals surface area contributed by atoms with E-state index in [1.54, 1.807) is 30.0 Å². The number of hydrogen-bond donors (Lipinski definition) is 1. The summed E-state index contributed by atoms with van der Waals surface area (Å²) in [5.74, 6) is 2.09. The number of halogens is 2. The molecule has 2 saturated heterocycles. The maximum Gasteiger partial charge on any atom is 0.233 e. The molecule has 0 aromatic heterocycles. The van der Waals surface area contributed by atoms with Crippen molar-refractivity contribution in [1.29, 1.82) is 0 Å². The van der Waals surface area contributed by atoms with Crippen LogP contribution in [0.1, 0.15) is 30.2 Å². The van der Waals surface area contributed by atoms with Crippen molar-refractivity contribution < 1.29 is 9.53 Å². The Labute approximate surface area is 179 Å². The number of hydrogen-bond acceptors (Lipinski definition) is 4. The van der Waals surface area contributed by atoms with Crippen molar-refractivity contribution in [3.8, 4) is 11.5 Å². The van der Waals surface area contributed by atoms with Crippen LogP contribution in [-0.4, -0.2) is 35.7 Å². The number of thioether (sulfide) groups is 1. The van der Waals surface area contributed by atoms with Crippen LogP contribution < -0.4 is 10.1 Å². The monoisotopic (exact) mass is 436 g/mol. The Morgan fingerprint density at radius 1 is 1.14 bits per heavy atom. The molecule has 4 nitrogen and oxygen atoms in total. The average Bonchev–Trinajstić information content (AvgIpc) is 3.33. The second kappa shape index (κ2) is 8.95. The van der Waals surface area contributed by atoms with E-state index in [4.69, 9.17) is 27.9 Å². The largest absolute Gasteiger partial charge is 0.457 e. The maximum absolute atomic E-state index is 12.4. The summed E-state index contributed by atoms with van der Waals surface area (Å²) in [5.41, 5.74) is 1.08. The normalized spacial score (nSPS) is 22.1. The van der Waals surface area contributed by atoms with Crippen LogP contribution in [0.2, 0.25) is 10.0 Å². The molecule has 2 atom stereocenters. The highest BCUT2D eigenvalue weighted by Gasteiger charge is 2.33. The summed E-state index contributed by atoms with van der Waals surface area (Å²) in [7, 11) is 0. The average molecular weight is 437 g/mol. The second-order valence-electron chi connectivity index (χ2n) is 7.08. The zero-order valence-electron chi connectivity index (χ0n) is 15.4. The molecule has 0 saturated carbocycles. The van der Waals surface area contributed by atoms with Gasteiger partial charge in [-0.05, 0) is 55.6 Å². The summed E-state index contributed by atoms with van der Waals surface area (Å²) in [6.07, 6.45) is 3.43. The molecule has 148 valence electrons. The van der Waals surface area contributed by atoms with Crippen molar-refractivity contribution in [2.24, 2.45) is 0 Å². The van der Waals surface area contributed by atoms with E-state index in [2.05, 4.69) is 11.4 Å². The predicted octanol–water partition coefficient (Wildman–Crippen LogP) is 5.50. The highest BCUT2D eigenvalue weighted by Crippen LogP contribution is 2.40. The number of carbonyl (C=O) groups is 1. The fourth-order valence-electron chi connectivity index (χ4n) is 3.68. The molecule has 4 rings (SSSR count). The lowest BCUT2D eigenvalue weighted by molar-refractivity contribution is -0.128. The quantitative estimate of drug-likeness (QED) is 0.648. The lowest BCUT2D eigenvalue weighted by atomic mass is 10.1. The van der Waals surface area contributed by atoms with Crippen LogP contribution in [-0.2, 0) is 4.79 Å². The number of carbonyl (C=O) groups excluding carboxylic acids is 1. The van der Waals surface area contributed by atoms with Crippen LogP contribution in [0.3, 0.4) is 0 Å². The third kappa shape index (κ3) is 4.60. The first kappa shape index (κ1) is 19.9. The molecule has 2 aliphatic rings. The maximum atomic E-state index is 12.4. The number of benzene rings is 2. The van der Waals surface area contributed by atoms with Gasteiger partial charge in [-0.2, -0.15) is 0 Å². The molecule has 2 aromatic rings. The van der Waals surface area contributed by atoms with Crippen LogP contribution in [0.15, 0.2) is 42.5 Å². The lowest BCUT2D eigenvalue weighted by Gasteiger charge is -2.26. The minimum absolute atomic E-state index is 0.0336. The van der Waals surface area contributed by atoms with Crippen molar-refractivity contribution in [2.45, 2.75) is 30.7 Å². The van der Waals surface area contributed by atoms with Gasteiger partial charge in [0.1, 0.15) is 16.9 Å². The van der Waals surface area contributed by atoms with E-state index in [1.807, 2.05) is 23.1 Å². The topological polar surface area (TPSA) is 41.6 Å². The van der Waals surface area contributed by atoms with Gasteiger partial charge < -0.3 is 15.0 Å². The molecule has 1 amide bonds. The molecule has 0 bridgehead atoms. The van der Waals surface area contributed by atoms with Gasteiger partial charge in [-0.25, -0.2) is 0 Å². The molecule has 2 fully saturated rings. The molecule has 0 aliphatic carbocycles. The van der Waals surface area contributed by atoms with Crippen molar-refractivity contribution >= 4 is 40.9 Å². The van der Waals surface area contributed by atoms with Gasteiger partial charge in [0.15, 0.2) is 0 Å². The fourth-order valence-corrected chi connectivity index (χ4v) is 5.17. The van der Waals surface area contributed by atoms with Crippen LogP contribution in [0.4, 0.5) is 0 Å². The predicted molar refractivity (Wildman–Crippen MR) is 116 cm³/mol. The van der Waals surface area contributed by atoms with Gasteiger partial charge in [-0.3, -0.25) is 4.79 Å². The molecule has 2 aromatic carbocycles. The van der Waals surface area contributed by atoms with Gasteiger partial charge in [0, 0.05) is 18.7 Å².